The van der Waals surface area contributed by atoms with E-state index in [1.165, 1.54) is 25.0 Å². The lowest BCUT2D eigenvalue weighted by molar-refractivity contribution is -0.137. The van der Waals surface area contributed by atoms with Crippen molar-refractivity contribution in [2.45, 2.75) is 13.0 Å². The quantitative estimate of drug-likeness (QED) is 0.704. The number of hydrogen-bond acceptors (Lipinski definition) is 5. The van der Waals surface area contributed by atoms with Gasteiger partial charge >= 0.3 is 11.9 Å². The molecule has 2 aromatic rings. The lowest BCUT2D eigenvalue weighted by Crippen LogP contribution is -2.04. The summed E-state index contributed by atoms with van der Waals surface area (Å²) in [6.07, 6.45) is 3.94. The molecule has 0 aliphatic rings. The number of aliphatic carboxylic acids is 2. The summed E-state index contributed by atoms with van der Waals surface area (Å²) in [6, 6.07) is 5.21. The summed E-state index contributed by atoms with van der Waals surface area (Å²) in [4.78, 5) is 21.5. The van der Waals surface area contributed by atoms with E-state index in [1.807, 2.05) is 0 Å². The van der Waals surface area contributed by atoms with Crippen LogP contribution in [0.3, 0.4) is 0 Å². The molecule has 25 heavy (non-hydrogen) atoms. The zero-order valence-electron chi connectivity index (χ0n) is 13.8. The summed E-state index contributed by atoms with van der Waals surface area (Å²) in [5.74, 6) is -0.963. The van der Waals surface area contributed by atoms with E-state index in [4.69, 9.17) is 19.7 Å². The normalized spacial score (nSPS) is 10.8. The van der Waals surface area contributed by atoms with Crippen molar-refractivity contribution in [2.75, 3.05) is 14.2 Å². The van der Waals surface area contributed by atoms with Crippen molar-refractivity contribution in [2.24, 2.45) is 0 Å². The van der Waals surface area contributed by atoms with Gasteiger partial charge in [0.05, 0.1) is 32.9 Å². The highest BCUT2D eigenvalue weighted by Crippen LogP contribution is 2.33. The minimum Gasteiger partial charge on any atom is -0.493 e. The number of benzene rings is 1. The van der Waals surface area contributed by atoms with Crippen LogP contribution in [0.5, 0.6) is 11.5 Å². The molecule has 0 saturated heterocycles. The van der Waals surface area contributed by atoms with Crippen LogP contribution in [-0.4, -0.2) is 46.2 Å². The summed E-state index contributed by atoms with van der Waals surface area (Å²) in [5.41, 5.74) is 1.76. The Balaban J connectivity index is 2.46. The molecule has 132 valence electrons. The number of aromatic nitrogens is 2. The molecule has 0 fully saturated rings. The second kappa shape index (κ2) is 8.00. The van der Waals surface area contributed by atoms with Gasteiger partial charge in [0.2, 0.25) is 0 Å². The fraction of sp³-hybridized carbons (Fsp3) is 0.235. The van der Waals surface area contributed by atoms with Gasteiger partial charge in [-0.25, -0.2) is 4.79 Å². The highest BCUT2D eigenvalue weighted by atomic mass is 16.5. The number of carboxylic acids is 2. The number of methoxy groups -OCH3 is 2. The van der Waals surface area contributed by atoms with E-state index in [2.05, 4.69) is 5.10 Å². The maximum atomic E-state index is 10.8. The number of nitrogens with zero attached hydrogens (tertiary/aromatic N) is 2. The molecule has 0 saturated carbocycles. The van der Waals surface area contributed by atoms with Crippen LogP contribution >= 0.6 is 0 Å². The average molecular weight is 346 g/mol. The van der Waals surface area contributed by atoms with Gasteiger partial charge < -0.3 is 19.7 Å². The molecule has 8 heteroatoms. The van der Waals surface area contributed by atoms with E-state index in [0.29, 0.717) is 28.3 Å². The molecule has 8 nitrogen and oxygen atoms in total. The Labute approximate surface area is 143 Å². The first kappa shape index (κ1) is 18.1. The van der Waals surface area contributed by atoms with Gasteiger partial charge in [-0.2, -0.15) is 5.10 Å². The van der Waals surface area contributed by atoms with Gasteiger partial charge in [0.25, 0.3) is 0 Å². The average Bonchev–Trinajstić information content (AvgIpc) is 3.00. The largest absolute Gasteiger partial charge is 0.493 e. The topological polar surface area (TPSA) is 111 Å². The molecule has 2 N–H and O–H groups in total. The minimum atomic E-state index is -1.09. The molecule has 0 aliphatic carbocycles. The summed E-state index contributed by atoms with van der Waals surface area (Å²) in [6.45, 7) is 0.177. The first-order valence-electron chi connectivity index (χ1n) is 7.37. The molecule has 0 radical (unpaired) electrons. The van der Waals surface area contributed by atoms with Gasteiger partial charge in [0, 0.05) is 23.4 Å². The molecule has 0 aliphatic heterocycles. The Kier molecular flexibility index (Phi) is 5.78. The van der Waals surface area contributed by atoms with Gasteiger partial charge in [0.1, 0.15) is 0 Å². The number of hydrogen-bond donors (Lipinski definition) is 2. The van der Waals surface area contributed by atoms with E-state index in [0.717, 1.165) is 6.08 Å². The number of carboxylic acid groups (broad SMARTS) is 2. The number of aryl methyl sites for hydroxylation is 1. The maximum Gasteiger partial charge on any atom is 0.328 e. The lowest BCUT2D eigenvalue weighted by atomic mass is 10.1. The maximum absolute atomic E-state index is 10.8. The molecule has 0 bridgehead atoms. The summed E-state index contributed by atoms with van der Waals surface area (Å²) >= 11 is 0. The van der Waals surface area contributed by atoms with E-state index < -0.39 is 11.9 Å². The van der Waals surface area contributed by atoms with E-state index in [9.17, 15) is 9.59 Å². The van der Waals surface area contributed by atoms with Crippen molar-refractivity contribution in [3.8, 4) is 22.8 Å². The van der Waals surface area contributed by atoms with Crippen molar-refractivity contribution in [3.63, 3.8) is 0 Å². The Morgan fingerprint density at radius 1 is 1.20 bits per heavy atom. The van der Waals surface area contributed by atoms with Crippen LogP contribution in [0.25, 0.3) is 17.3 Å². The third kappa shape index (κ3) is 4.60. The zero-order valence-corrected chi connectivity index (χ0v) is 13.8. The Morgan fingerprint density at radius 2 is 1.92 bits per heavy atom. The predicted octanol–water partition coefficient (Wildman–Crippen LogP) is 2.14. The smallest absolute Gasteiger partial charge is 0.328 e. The zero-order chi connectivity index (χ0) is 18.4. The van der Waals surface area contributed by atoms with Gasteiger partial charge in [-0.05, 0) is 24.3 Å². The first-order valence-corrected chi connectivity index (χ1v) is 7.37. The lowest BCUT2D eigenvalue weighted by Gasteiger charge is -2.09. The second-order valence-electron chi connectivity index (χ2n) is 5.08. The highest BCUT2D eigenvalue weighted by molar-refractivity contribution is 5.87. The molecule has 0 spiro atoms. The van der Waals surface area contributed by atoms with Gasteiger partial charge in [-0.1, -0.05) is 0 Å². The van der Waals surface area contributed by atoms with Crippen LogP contribution in [0.1, 0.15) is 12.0 Å². The third-order valence-corrected chi connectivity index (χ3v) is 3.41. The minimum absolute atomic E-state index is 0.0882. The molecule has 0 unspecified atom stereocenters. The highest BCUT2D eigenvalue weighted by Gasteiger charge is 2.13. The molecule has 1 aromatic carbocycles. The first-order chi connectivity index (χ1) is 11.9. The third-order valence-electron chi connectivity index (χ3n) is 3.41. The standard InChI is InChI=1S/C17H18N2O6/c1-24-13-5-3-11(9-14(13)25-2)17-12(4-6-15(20)21)10-19(18-17)8-7-16(22)23/h3-6,9-10H,7-8H2,1-2H3,(H,20,21)(H,22,23)/b6-4+. The summed E-state index contributed by atoms with van der Waals surface area (Å²) in [7, 11) is 3.04. The van der Waals surface area contributed by atoms with E-state index in [1.54, 1.807) is 24.4 Å². The fourth-order valence-corrected chi connectivity index (χ4v) is 2.25. The Bertz CT molecular complexity index is 809. The van der Waals surface area contributed by atoms with Crippen LogP contribution in [0.15, 0.2) is 30.5 Å². The van der Waals surface area contributed by atoms with Crippen molar-refractivity contribution < 1.29 is 29.3 Å². The predicted molar refractivity (Wildman–Crippen MR) is 89.7 cm³/mol. The van der Waals surface area contributed by atoms with Crippen LogP contribution in [0, 0.1) is 0 Å². The Morgan fingerprint density at radius 3 is 2.52 bits per heavy atom. The van der Waals surface area contributed by atoms with Gasteiger partial charge in [-0.15, -0.1) is 0 Å². The molecular formula is C17H18N2O6. The van der Waals surface area contributed by atoms with Crippen LogP contribution in [0.2, 0.25) is 0 Å². The van der Waals surface area contributed by atoms with Crippen molar-refractivity contribution in [1.29, 1.82) is 0 Å². The fourth-order valence-electron chi connectivity index (χ4n) is 2.25. The molecule has 1 aromatic heterocycles. The van der Waals surface area contributed by atoms with Crippen molar-refractivity contribution >= 4 is 18.0 Å². The van der Waals surface area contributed by atoms with Crippen LogP contribution in [-0.2, 0) is 16.1 Å². The summed E-state index contributed by atoms with van der Waals surface area (Å²) in [5, 5.41) is 22.0. The van der Waals surface area contributed by atoms with Crippen LogP contribution in [0.4, 0.5) is 0 Å². The van der Waals surface area contributed by atoms with Gasteiger partial charge in [0.15, 0.2) is 11.5 Å². The molecule has 2 rings (SSSR count). The van der Waals surface area contributed by atoms with Gasteiger partial charge in [-0.3, -0.25) is 9.48 Å². The number of ether oxygens (including phenoxy) is 2. The number of rotatable bonds is 8. The number of carbonyl (C=O) groups is 2. The SMILES string of the molecule is COc1ccc(-c2nn(CCC(=O)O)cc2/C=C/C(=O)O)cc1OC. The monoisotopic (exact) mass is 346 g/mol. The van der Waals surface area contributed by atoms with Crippen molar-refractivity contribution in [3.05, 3.63) is 36.0 Å². The molecular weight excluding hydrogens is 328 g/mol. The van der Waals surface area contributed by atoms with Crippen LogP contribution < -0.4 is 9.47 Å². The molecule has 0 atom stereocenters. The van der Waals surface area contributed by atoms with Crippen molar-refractivity contribution in [1.82, 2.24) is 9.78 Å². The van der Waals surface area contributed by atoms with E-state index in [-0.39, 0.29) is 13.0 Å². The summed E-state index contributed by atoms with van der Waals surface area (Å²) < 4.78 is 11.9. The van der Waals surface area contributed by atoms with E-state index >= 15 is 0 Å². The molecule has 1 heterocycles. The Hall–Kier alpha value is -3.29. The second-order valence-corrected chi connectivity index (χ2v) is 5.08. The molecule has 0 amide bonds.